The minimum atomic E-state index is -0.128. The van der Waals surface area contributed by atoms with Crippen LogP contribution in [-0.4, -0.2) is 47.4 Å². The summed E-state index contributed by atoms with van der Waals surface area (Å²) in [7, 11) is 0. The molecule has 0 spiro atoms. The Hall–Kier alpha value is -1.95. The minimum absolute atomic E-state index is 0.00334. The van der Waals surface area contributed by atoms with E-state index in [1.54, 1.807) is 24.5 Å². The van der Waals surface area contributed by atoms with Crippen LogP contribution in [0.25, 0.3) is 0 Å². The highest BCUT2D eigenvalue weighted by Gasteiger charge is 2.21. The number of aromatic nitrogens is 1. The number of carbonyl (C=O) groups excluding carboxylic acids is 2. The molecule has 2 amide bonds. The van der Waals surface area contributed by atoms with Crippen LogP contribution in [0.3, 0.4) is 0 Å². The Morgan fingerprint density at radius 1 is 1.17 bits per heavy atom. The Morgan fingerprint density at radius 3 is 2.48 bits per heavy atom. The van der Waals surface area contributed by atoms with Crippen LogP contribution < -0.4 is 10.6 Å². The molecule has 0 unspecified atom stereocenters. The fraction of sp³-hybridized carbons (Fsp3) is 0.588. The highest BCUT2D eigenvalue weighted by atomic mass is 16.2. The van der Waals surface area contributed by atoms with Crippen LogP contribution in [0.4, 0.5) is 5.69 Å². The molecule has 2 heterocycles. The van der Waals surface area contributed by atoms with Gasteiger partial charge in [0.2, 0.25) is 11.8 Å². The molecule has 1 fully saturated rings. The Kier molecular flexibility index (Phi) is 7.00. The molecule has 0 aromatic carbocycles. The predicted molar refractivity (Wildman–Crippen MR) is 90.0 cm³/mol. The molecule has 1 aliphatic heterocycles. The molecule has 0 saturated carbocycles. The van der Waals surface area contributed by atoms with Gasteiger partial charge in [0.25, 0.3) is 0 Å². The van der Waals surface area contributed by atoms with E-state index in [4.69, 9.17) is 0 Å². The van der Waals surface area contributed by atoms with Crippen molar-refractivity contribution in [2.45, 2.75) is 45.1 Å². The molecule has 0 radical (unpaired) electrons. The van der Waals surface area contributed by atoms with Crippen molar-refractivity contribution in [3.63, 3.8) is 0 Å². The number of hydrogen-bond acceptors (Lipinski definition) is 4. The molecule has 2 rings (SSSR count). The number of hydrogen-bond donors (Lipinski definition) is 2. The monoisotopic (exact) mass is 318 g/mol. The van der Waals surface area contributed by atoms with E-state index in [0.29, 0.717) is 12.2 Å². The number of rotatable bonds is 6. The molecule has 1 aliphatic rings. The maximum absolute atomic E-state index is 12.2. The van der Waals surface area contributed by atoms with E-state index in [9.17, 15) is 9.59 Å². The quantitative estimate of drug-likeness (QED) is 0.838. The summed E-state index contributed by atoms with van der Waals surface area (Å²) in [4.78, 5) is 30.2. The number of pyridine rings is 1. The van der Waals surface area contributed by atoms with Crippen LogP contribution in [0.1, 0.15) is 39.0 Å². The summed E-state index contributed by atoms with van der Waals surface area (Å²) >= 11 is 0. The van der Waals surface area contributed by atoms with Crippen molar-refractivity contribution < 1.29 is 9.59 Å². The Morgan fingerprint density at radius 2 is 1.83 bits per heavy atom. The summed E-state index contributed by atoms with van der Waals surface area (Å²) in [6, 6.07) is 3.34. The SMILES string of the molecule is C[C@H](C(=O)NCCC(=O)Nc1ccncc1)N1CCCCCC1. The van der Waals surface area contributed by atoms with Crippen LogP contribution in [0.15, 0.2) is 24.5 Å². The molecule has 23 heavy (non-hydrogen) atoms. The molecule has 6 nitrogen and oxygen atoms in total. The number of nitrogens with zero attached hydrogens (tertiary/aromatic N) is 2. The molecule has 0 aliphatic carbocycles. The number of likely N-dealkylation sites (tertiary alicyclic amines) is 1. The van der Waals surface area contributed by atoms with Crippen molar-refractivity contribution >= 4 is 17.5 Å². The Balaban J connectivity index is 1.68. The average Bonchev–Trinajstić information content (AvgIpc) is 2.84. The first-order valence-corrected chi connectivity index (χ1v) is 8.38. The lowest BCUT2D eigenvalue weighted by Crippen LogP contribution is -2.46. The molecule has 6 heteroatoms. The lowest BCUT2D eigenvalue weighted by molar-refractivity contribution is -0.126. The zero-order chi connectivity index (χ0) is 16.5. The molecule has 1 aromatic heterocycles. The summed E-state index contributed by atoms with van der Waals surface area (Å²) in [6.45, 7) is 4.26. The van der Waals surface area contributed by atoms with Crippen molar-refractivity contribution in [3.05, 3.63) is 24.5 Å². The van der Waals surface area contributed by atoms with Crippen LogP contribution in [0, 0.1) is 0 Å². The second-order valence-electron chi connectivity index (χ2n) is 5.95. The normalized spacial score (nSPS) is 17.1. The van der Waals surface area contributed by atoms with Gasteiger partial charge in [0.05, 0.1) is 6.04 Å². The van der Waals surface area contributed by atoms with Crippen LogP contribution in [-0.2, 0) is 9.59 Å². The largest absolute Gasteiger partial charge is 0.354 e. The van der Waals surface area contributed by atoms with Gasteiger partial charge in [-0.1, -0.05) is 12.8 Å². The smallest absolute Gasteiger partial charge is 0.237 e. The summed E-state index contributed by atoms with van der Waals surface area (Å²) in [5.41, 5.74) is 0.717. The highest BCUT2D eigenvalue weighted by Crippen LogP contribution is 2.12. The summed E-state index contributed by atoms with van der Waals surface area (Å²) in [5.74, 6) is -0.109. The van der Waals surface area contributed by atoms with Gasteiger partial charge in [0.15, 0.2) is 0 Å². The van der Waals surface area contributed by atoms with Gasteiger partial charge < -0.3 is 10.6 Å². The van der Waals surface area contributed by atoms with Crippen molar-refractivity contribution in [2.24, 2.45) is 0 Å². The van der Waals surface area contributed by atoms with Crippen molar-refractivity contribution in [1.82, 2.24) is 15.2 Å². The number of nitrogens with one attached hydrogen (secondary N) is 2. The third-order valence-corrected chi connectivity index (χ3v) is 4.18. The van der Waals surface area contributed by atoms with E-state index < -0.39 is 0 Å². The molecule has 1 saturated heterocycles. The first-order valence-electron chi connectivity index (χ1n) is 8.38. The van der Waals surface area contributed by atoms with E-state index in [1.807, 2.05) is 6.92 Å². The highest BCUT2D eigenvalue weighted by molar-refractivity contribution is 5.91. The van der Waals surface area contributed by atoms with E-state index in [1.165, 1.54) is 12.8 Å². The van der Waals surface area contributed by atoms with Gasteiger partial charge in [-0.15, -0.1) is 0 Å². The zero-order valence-corrected chi connectivity index (χ0v) is 13.8. The van der Waals surface area contributed by atoms with E-state index in [0.717, 1.165) is 25.9 Å². The molecule has 2 N–H and O–H groups in total. The van der Waals surface area contributed by atoms with Gasteiger partial charge in [-0.3, -0.25) is 19.5 Å². The van der Waals surface area contributed by atoms with E-state index >= 15 is 0 Å². The van der Waals surface area contributed by atoms with E-state index in [2.05, 4.69) is 20.5 Å². The van der Waals surface area contributed by atoms with Gasteiger partial charge in [-0.25, -0.2) is 0 Å². The maximum atomic E-state index is 12.2. The first-order chi connectivity index (χ1) is 11.2. The fourth-order valence-corrected chi connectivity index (χ4v) is 2.75. The average molecular weight is 318 g/mol. The van der Waals surface area contributed by atoms with Crippen molar-refractivity contribution in [3.8, 4) is 0 Å². The Bertz CT molecular complexity index is 499. The zero-order valence-electron chi connectivity index (χ0n) is 13.8. The summed E-state index contributed by atoms with van der Waals surface area (Å²) < 4.78 is 0. The molecule has 126 valence electrons. The van der Waals surface area contributed by atoms with Gasteiger partial charge in [0.1, 0.15) is 0 Å². The second-order valence-corrected chi connectivity index (χ2v) is 5.95. The lowest BCUT2D eigenvalue weighted by atomic mass is 10.2. The third kappa shape index (κ3) is 5.98. The molecular weight excluding hydrogens is 292 g/mol. The first kappa shape index (κ1) is 17.4. The lowest BCUT2D eigenvalue weighted by Gasteiger charge is -2.26. The topological polar surface area (TPSA) is 74.3 Å². The molecule has 1 atom stereocenters. The third-order valence-electron chi connectivity index (χ3n) is 4.18. The second kappa shape index (κ2) is 9.25. The van der Waals surface area contributed by atoms with Gasteiger partial charge in [-0.2, -0.15) is 0 Å². The number of amides is 2. The molecular formula is C17H26N4O2. The molecule has 1 aromatic rings. The summed E-state index contributed by atoms with van der Waals surface area (Å²) in [6.07, 6.45) is 8.33. The van der Waals surface area contributed by atoms with Crippen LogP contribution in [0.5, 0.6) is 0 Å². The van der Waals surface area contributed by atoms with E-state index in [-0.39, 0.29) is 24.3 Å². The predicted octanol–water partition coefficient (Wildman–Crippen LogP) is 1.79. The number of carbonyl (C=O) groups is 2. The van der Waals surface area contributed by atoms with Gasteiger partial charge in [0, 0.05) is 31.0 Å². The standard InChI is InChI=1S/C17H26N4O2/c1-14(21-12-4-2-3-5-13-21)17(23)19-11-8-16(22)20-15-6-9-18-10-7-15/h6-7,9-10,14H,2-5,8,11-13H2,1H3,(H,19,23)(H,18,20,22)/t14-/m1/s1. The Labute approximate surface area is 137 Å². The molecule has 0 bridgehead atoms. The fourth-order valence-electron chi connectivity index (χ4n) is 2.75. The summed E-state index contributed by atoms with van der Waals surface area (Å²) in [5, 5.41) is 5.64. The van der Waals surface area contributed by atoms with Gasteiger partial charge in [-0.05, 0) is 45.0 Å². The minimum Gasteiger partial charge on any atom is -0.354 e. The van der Waals surface area contributed by atoms with Crippen LogP contribution in [0.2, 0.25) is 0 Å². The van der Waals surface area contributed by atoms with Gasteiger partial charge >= 0.3 is 0 Å². The van der Waals surface area contributed by atoms with Crippen molar-refractivity contribution in [1.29, 1.82) is 0 Å². The van der Waals surface area contributed by atoms with Crippen molar-refractivity contribution in [2.75, 3.05) is 25.0 Å². The van der Waals surface area contributed by atoms with Crippen LogP contribution >= 0.6 is 0 Å². The maximum Gasteiger partial charge on any atom is 0.237 e. The number of anilines is 1.